The first-order valence-electron chi connectivity index (χ1n) is 4.40. The molecule has 15 heavy (non-hydrogen) atoms. The van der Waals surface area contributed by atoms with Gasteiger partial charge in [0.05, 0.1) is 0 Å². The Hall–Kier alpha value is -0.761. The molecule has 0 saturated carbocycles. The summed E-state index contributed by atoms with van der Waals surface area (Å²) in [6.45, 7) is 2.05. The fourth-order valence-corrected chi connectivity index (χ4v) is 4.54. The SMILES string of the molecule is Cc1ccc(C(C[Se]C#N)[Se]C#N)cc1. The van der Waals surface area contributed by atoms with Gasteiger partial charge in [-0.05, 0) is 0 Å². The summed E-state index contributed by atoms with van der Waals surface area (Å²) in [7, 11) is 0. The fourth-order valence-electron chi connectivity index (χ4n) is 1.16. The first kappa shape index (κ1) is 12.3. The third-order valence-electron chi connectivity index (χ3n) is 1.94. The molecular formula is C11H10N2Se2. The summed E-state index contributed by atoms with van der Waals surface area (Å²) >= 11 is -0.0397. The van der Waals surface area contributed by atoms with E-state index in [1.54, 1.807) is 0 Å². The van der Waals surface area contributed by atoms with E-state index in [0.29, 0.717) is 4.82 Å². The van der Waals surface area contributed by atoms with Crippen LogP contribution in [0.2, 0.25) is 5.32 Å². The van der Waals surface area contributed by atoms with Crippen LogP contribution in [0.3, 0.4) is 0 Å². The third kappa shape index (κ3) is 4.08. The van der Waals surface area contributed by atoms with Crippen LogP contribution in [0.5, 0.6) is 0 Å². The van der Waals surface area contributed by atoms with Crippen molar-refractivity contribution < 1.29 is 0 Å². The number of benzene rings is 1. The molecule has 1 unspecified atom stereocenters. The molecule has 0 N–H and O–H groups in total. The second-order valence-electron chi connectivity index (χ2n) is 3.01. The van der Waals surface area contributed by atoms with Crippen LogP contribution in [-0.2, 0) is 0 Å². The molecule has 76 valence electrons. The maximum atomic E-state index is 8.75. The molecule has 1 atom stereocenters. The predicted octanol–water partition coefficient (Wildman–Crippen LogP) is 1.82. The van der Waals surface area contributed by atoms with Crippen LogP contribution in [0.1, 0.15) is 15.9 Å². The van der Waals surface area contributed by atoms with Crippen LogP contribution in [0.4, 0.5) is 0 Å². The van der Waals surface area contributed by atoms with Crippen LogP contribution < -0.4 is 0 Å². The van der Waals surface area contributed by atoms with Crippen LogP contribution in [0.15, 0.2) is 24.3 Å². The minimum absolute atomic E-state index is 0.00809. The standard InChI is InChI=1S/C11H10N2Se2/c1-9-2-4-10(5-3-9)11(15-8-13)6-14-7-12/h2-5,11H,6H2,1H3. The molecular weight excluding hydrogens is 318 g/mol. The van der Waals surface area contributed by atoms with Gasteiger partial charge in [-0.15, -0.1) is 0 Å². The van der Waals surface area contributed by atoms with Crippen LogP contribution in [0, 0.1) is 27.4 Å². The quantitative estimate of drug-likeness (QED) is 0.792. The van der Waals surface area contributed by atoms with Crippen molar-refractivity contribution in [2.45, 2.75) is 17.1 Å². The Morgan fingerprint density at radius 1 is 1.20 bits per heavy atom. The molecule has 4 heteroatoms. The molecule has 1 aromatic carbocycles. The first-order valence-corrected chi connectivity index (χ1v) is 8.31. The summed E-state index contributed by atoms with van der Waals surface area (Å²) in [4.78, 5) is 4.75. The zero-order valence-corrected chi connectivity index (χ0v) is 11.7. The molecule has 0 aliphatic carbocycles. The second kappa shape index (κ2) is 6.67. The van der Waals surface area contributed by atoms with Gasteiger partial charge in [0.25, 0.3) is 0 Å². The maximum absolute atomic E-state index is 8.75. The Kier molecular flexibility index (Phi) is 5.48. The molecule has 0 heterocycles. The molecule has 0 fully saturated rings. The first-order chi connectivity index (χ1) is 7.27. The van der Waals surface area contributed by atoms with E-state index in [1.807, 2.05) is 6.92 Å². The van der Waals surface area contributed by atoms with E-state index < -0.39 is 0 Å². The zero-order valence-electron chi connectivity index (χ0n) is 8.30. The van der Waals surface area contributed by atoms with Crippen LogP contribution in [-0.4, -0.2) is 29.9 Å². The average Bonchev–Trinajstić information content (AvgIpc) is 2.25. The fraction of sp³-hybridized carbons (Fsp3) is 0.273. The van der Waals surface area contributed by atoms with E-state index in [2.05, 4.69) is 34.2 Å². The summed E-state index contributed by atoms with van der Waals surface area (Å²) in [5.74, 6) is 0. The molecule has 0 aliphatic heterocycles. The van der Waals surface area contributed by atoms with E-state index >= 15 is 0 Å². The van der Waals surface area contributed by atoms with E-state index in [1.165, 1.54) is 11.1 Å². The molecule has 0 bridgehead atoms. The van der Waals surface area contributed by atoms with Crippen molar-refractivity contribution in [3.05, 3.63) is 35.4 Å². The van der Waals surface area contributed by atoms with Gasteiger partial charge in [-0.2, -0.15) is 0 Å². The van der Waals surface area contributed by atoms with Gasteiger partial charge in [0, 0.05) is 0 Å². The number of rotatable bonds is 4. The Morgan fingerprint density at radius 2 is 1.87 bits per heavy atom. The zero-order chi connectivity index (χ0) is 11.1. The summed E-state index contributed by atoms with van der Waals surface area (Å²) in [6, 6.07) is 8.28. The van der Waals surface area contributed by atoms with Gasteiger partial charge >= 0.3 is 103 Å². The third-order valence-corrected chi connectivity index (χ3v) is 6.07. The normalized spacial score (nSPS) is 11.4. The van der Waals surface area contributed by atoms with Crippen LogP contribution in [0.25, 0.3) is 0 Å². The molecule has 0 radical (unpaired) electrons. The summed E-state index contributed by atoms with van der Waals surface area (Å²) in [5.41, 5.74) is 2.44. The molecule has 0 saturated heterocycles. The van der Waals surface area contributed by atoms with Gasteiger partial charge in [0.15, 0.2) is 0 Å². The van der Waals surface area contributed by atoms with Crippen molar-refractivity contribution in [1.29, 1.82) is 10.5 Å². The van der Waals surface area contributed by atoms with E-state index in [-0.39, 0.29) is 29.9 Å². The minimum atomic E-state index is -0.0478. The van der Waals surface area contributed by atoms with Gasteiger partial charge in [-0.25, -0.2) is 0 Å². The summed E-state index contributed by atoms with van der Waals surface area (Å²) in [5, 5.41) is 18.2. The van der Waals surface area contributed by atoms with Gasteiger partial charge < -0.3 is 0 Å². The average molecular weight is 328 g/mol. The number of nitriles is 2. The van der Waals surface area contributed by atoms with Crippen molar-refractivity contribution in [3.8, 4) is 9.94 Å². The predicted molar refractivity (Wildman–Crippen MR) is 61.5 cm³/mol. The molecule has 0 spiro atoms. The van der Waals surface area contributed by atoms with Gasteiger partial charge in [-0.1, -0.05) is 0 Å². The van der Waals surface area contributed by atoms with Crippen LogP contribution >= 0.6 is 0 Å². The van der Waals surface area contributed by atoms with Crippen molar-refractivity contribution in [2.24, 2.45) is 0 Å². The van der Waals surface area contributed by atoms with Crippen molar-refractivity contribution >= 4 is 29.9 Å². The Bertz CT molecular complexity index is 387. The van der Waals surface area contributed by atoms with Gasteiger partial charge in [0.1, 0.15) is 0 Å². The molecule has 0 amide bonds. The van der Waals surface area contributed by atoms with Gasteiger partial charge in [0.2, 0.25) is 0 Å². The van der Waals surface area contributed by atoms with Crippen molar-refractivity contribution in [2.75, 3.05) is 0 Å². The Balaban J connectivity index is 2.76. The molecule has 1 rings (SSSR count). The number of aryl methyl sites for hydroxylation is 1. The number of nitrogens with zero attached hydrogens (tertiary/aromatic N) is 2. The van der Waals surface area contributed by atoms with E-state index in [9.17, 15) is 0 Å². The van der Waals surface area contributed by atoms with Gasteiger partial charge in [-0.3, -0.25) is 0 Å². The Morgan fingerprint density at radius 3 is 2.40 bits per heavy atom. The molecule has 0 aromatic heterocycles. The van der Waals surface area contributed by atoms with E-state index in [0.717, 1.165) is 5.32 Å². The van der Waals surface area contributed by atoms with Crippen molar-refractivity contribution in [3.63, 3.8) is 0 Å². The number of hydrogen-bond acceptors (Lipinski definition) is 2. The molecule has 2 nitrogen and oxygen atoms in total. The molecule has 0 aliphatic rings. The van der Waals surface area contributed by atoms with Crippen molar-refractivity contribution in [1.82, 2.24) is 0 Å². The Labute approximate surface area is 103 Å². The molecule has 1 aromatic rings. The summed E-state index contributed by atoms with van der Waals surface area (Å²) in [6.07, 6.45) is 0. The number of hydrogen-bond donors (Lipinski definition) is 0. The van der Waals surface area contributed by atoms with E-state index in [4.69, 9.17) is 10.5 Å². The second-order valence-corrected chi connectivity index (χ2v) is 6.77. The topological polar surface area (TPSA) is 47.6 Å². The summed E-state index contributed by atoms with van der Waals surface area (Å²) < 4.78 is 0. The monoisotopic (exact) mass is 330 g/mol.